The molecule has 0 aliphatic carbocycles. The van der Waals surface area contributed by atoms with Crippen LogP contribution in [0.4, 0.5) is 5.69 Å². The lowest BCUT2D eigenvalue weighted by molar-refractivity contribution is 0.922. The minimum atomic E-state index is 0.924. The molecule has 30 heavy (non-hydrogen) atoms. The molecular formula is C29H35N. The molecular weight excluding hydrogens is 362 g/mol. The molecule has 3 aromatic carbocycles. The number of rotatable bonds is 8. The first-order valence-corrected chi connectivity index (χ1v) is 10.8. The summed E-state index contributed by atoms with van der Waals surface area (Å²) in [4.78, 5) is 0. The van der Waals surface area contributed by atoms with Gasteiger partial charge in [0.25, 0.3) is 0 Å². The number of anilines is 1. The van der Waals surface area contributed by atoms with Crippen LogP contribution in [0.3, 0.4) is 0 Å². The lowest BCUT2D eigenvalue weighted by Crippen LogP contribution is -2.02. The molecule has 156 valence electrons. The third-order valence-electron chi connectivity index (χ3n) is 4.89. The average molecular weight is 398 g/mol. The average Bonchev–Trinajstić information content (AvgIpc) is 2.76. The Morgan fingerprint density at radius 1 is 0.800 bits per heavy atom. The summed E-state index contributed by atoms with van der Waals surface area (Å²) in [5.74, 6) is 0. The third kappa shape index (κ3) is 8.13. The van der Waals surface area contributed by atoms with Crippen molar-refractivity contribution < 1.29 is 0 Å². The lowest BCUT2D eigenvalue weighted by Gasteiger charge is -2.15. The van der Waals surface area contributed by atoms with Gasteiger partial charge in [-0.05, 0) is 61.9 Å². The molecule has 1 nitrogen and oxygen atoms in total. The van der Waals surface area contributed by atoms with E-state index in [0.29, 0.717) is 0 Å². The van der Waals surface area contributed by atoms with Crippen molar-refractivity contribution in [2.45, 2.75) is 46.5 Å². The highest BCUT2D eigenvalue weighted by Crippen LogP contribution is 2.25. The molecule has 0 aromatic heterocycles. The van der Waals surface area contributed by atoms with E-state index in [1.807, 2.05) is 13.0 Å². The first-order chi connectivity index (χ1) is 14.5. The van der Waals surface area contributed by atoms with Crippen molar-refractivity contribution in [3.8, 4) is 0 Å². The minimum absolute atomic E-state index is 0.924. The van der Waals surface area contributed by atoms with Gasteiger partial charge < -0.3 is 5.32 Å². The Kier molecular flexibility index (Phi) is 9.67. The van der Waals surface area contributed by atoms with Crippen LogP contribution in [0.5, 0.6) is 0 Å². The molecule has 0 heterocycles. The van der Waals surface area contributed by atoms with E-state index in [-0.39, 0.29) is 0 Å². The molecule has 0 aliphatic heterocycles. The molecule has 0 aliphatic rings. The van der Waals surface area contributed by atoms with E-state index < -0.39 is 0 Å². The molecule has 1 N–H and O–H groups in total. The van der Waals surface area contributed by atoms with Gasteiger partial charge in [0.1, 0.15) is 0 Å². The zero-order valence-corrected chi connectivity index (χ0v) is 18.7. The number of hydrogen-bond acceptors (Lipinski definition) is 1. The highest BCUT2D eigenvalue weighted by Gasteiger charge is 2.05. The first-order valence-electron chi connectivity index (χ1n) is 10.8. The van der Waals surface area contributed by atoms with E-state index in [1.54, 1.807) is 0 Å². The van der Waals surface area contributed by atoms with Gasteiger partial charge in [-0.1, -0.05) is 98.8 Å². The number of allylic oxidation sites excluding steroid dienone is 2. The van der Waals surface area contributed by atoms with Gasteiger partial charge in [-0.3, -0.25) is 0 Å². The van der Waals surface area contributed by atoms with Crippen molar-refractivity contribution in [3.05, 3.63) is 120 Å². The van der Waals surface area contributed by atoms with Gasteiger partial charge in [-0.15, -0.1) is 0 Å². The summed E-state index contributed by atoms with van der Waals surface area (Å²) in [7, 11) is 0. The number of hydrogen-bond donors (Lipinski definition) is 1. The highest BCUT2D eigenvalue weighted by atomic mass is 14.9. The van der Waals surface area contributed by atoms with Gasteiger partial charge in [0, 0.05) is 16.9 Å². The predicted octanol–water partition coefficient (Wildman–Crippen LogP) is 8.23. The Bertz CT molecular complexity index is 923. The summed E-state index contributed by atoms with van der Waals surface area (Å²) in [6.45, 7) is 14.5. The van der Waals surface area contributed by atoms with Gasteiger partial charge in [0.05, 0.1) is 0 Å². The van der Waals surface area contributed by atoms with Crippen LogP contribution in [0, 0.1) is 6.92 Å². The Labute approximate surface area is 183 Å². The standard InChI is InChI=1S/C20H23N.C9H12/c1-15(2)19-14-16(3)10-13-20(19)21-17(4)11-12-18-8-6-5-7-9-18;1-2-6-9-7-4-3-5-8-9/h5-10,13-14,21H,1,4,11-12H2,2-3H3;3-5,7-8H,2,6H2,1H3. The van der Waals surface area contributed by atoms with E-state index >= 15 is 0 Å². The summed E-state index contributed by atoms with van der Waals surface area (Å²) in [5.41, 5.74) is 8.38. The maximum atomic E-state index is 4.15. The molecule has 0 saturated carbocycles. The van der Waals surface area contributed by atoms with Crippen LogP contribution in [0.25, 0.3) is 5.57 Å². The molecule has 0 fully saturated rings. The minimum Gasteiger partial charge on any atom is -0.359 e. The van der Waals surface area contributed by atoms with Crippen LogP contribution in [0.1, 0.15) is 48.9 Å². The molecule has 0 bridgehead atoms. The predicted molar refractivity (Wildman–Crippen MR) is 134 cm³/mol. The molecule has 3 rings (SSSR count). The maximum absolute atomic E-state index is 4.15. The molecule has 0 saturated heterocycles. The Balaban J connectivity index is 0.000000297. The number of benzene rings is 3. The van der Waals surface area contributed by atoms with E-state index in [1.165, 1.54) is 29.5 Å². The molecule has 0 spiro atoms. The van der Waals surface area contributed by atoms with Crippen LogP contribution in [0.15, 0.2) is 97.7 Å². The van der Waals surface area contributed by atoms with Crippen LogP contribution >= 0.6 is 0 Å². The molecule has 0 radical (unpaired) electrons. The summed E-state index contributed by atoms with van der Waals surface area (Å²) < 4.78 is 0. The van der Waals surface area contributed by atoms with Gasteiger partial charge in [0.15, 0.2) is 0 Å². The summed E-state index contributed by atoms with van der Waals surface area (Å²) >= 11 is 0. The fourth-order valence-electron chi connectivity index (χ4n) is 3.25. The van der Waals surface area contributed by atoms with Gasteiger partial charge in [-0.2, -0.15) is 0 Å². The van der Waals surface area contributed by atoms with Crippen LogP contribution < -0.4 is 5.32 Å². The SMILES string of the molecule is C=C(CCc1ccccc1)Nc1ccc(C)cc1C(=C)C.CCCc1ccccc1. The fraction of sp³-hybridized carbons (Fsp3) is 0.241. The quantitative estimate of drug-likeness (QED) is 0.403. The van der Waals surface area contributed by atoms with E-state index in [4.69, 9.17) is 0 Å². The first kappa shape index (κ1) is 23.2. The topological polar surface area (TPSA) is 12.0 Å². The van der Waals surface area contributed by atoms with Crippen LogP contribution in [-0.2, 0) is 12.8 Å². The second-order valence-electron chi connectivity index (χ2n) is 7.78. The summed E-state index contributed by atoms with van der Waals surface area (Å²) in [6.07, 6.45) is 4.37. The second-order valence-corrected chi connectivity index (χ2v) is 7.78. The zero-order valence-electron chi connectivity index (χ0n) is 18.7. The van der Waals surface area contributed by atoms with Crippen LogP contribution in [0.2, 0.25) is 0 Å². The Morgan fingerprint density at radius 3 is 1.90 bits per heavy atom. The van der Waals surface area contributed by atoms with E-state index in [2.05, 4.69) is 105 Å². The van der Waals surface area contributed by atoms with Crippen molar-refractivity contribution in [2.24, 2.45) is 0 Å². The molecule has 0 atom stereocenters. The lowest BCUT2D eigenvalue weighted by atomic mass is 10.0. The molecule has 3 aromatic rings. The van der Waals surface area contributed by atoms with Crippen molar-refractivity contribution in [3.63, 3.8) is 0 Å². The molecule has 0 unspecified atom stereocenters. The fourth-order valence-corrected chi connectivity index (χ4v) is 3.25. The van der Waals surface area contributed by atoms with Gasteiger partial charge in [0.2, 0.25) is 0 Å². The molecule has 1 heteroatoms. The maximum Gasteiger partial charge on any atom is 0.0457 e. The monoisotopic (exact) mass is 397 g/mol. The normalized spacial score (nSPS) is 9.97. The Morgan fingerprint density at radius 2 is 1.37 bits per heavy atom. The van der Waals surface area contributed by atoms with Crippen molar-refractivity contribution >= 4 is 11.3 Å². The number of nitrogens with one attached hydrogen (secondary N) is 1. The summed E-state index contributed by atoms with van der Waals surface area (Å²) in [5, 5.41) is 3.43. The van der Waals surface area contributed by atoms with Gasteiger partial charge in [-0.25, -0.2) is 0 Å². The largest absolute Gasteiger partial charge is 0.359 e. The zero-order chi connectivity index (χ0) is 21.8. The summed E-state index contributed by atoms with van der Waals surface area (Å²) in [6, 6.07) is 27.4. The van der Waals surface area contributed by atoms with Gasteiger partial charge >= 0.3 is 0 Å². The third-order valence-corrected chi connectivity index (χ3v) is 4.89. The van der Waals surface area contributed by atoms with Crippen molar-refractivity contribution in [1.29, 1.82) is 0 Å². The van der Waals surface area contributed by atoms with E-state index in [9.17, 15) is 0 Å². The smallest absolute Gasteiger partial charge is 0.0457 e. The molecule has 0 amide bonds. The second kappa shape index (κ2) is 12.5. The van der Waals surface area contributed by atoms with E-state index in [0.717, 1.165) is 35.4 Å². The highest BCUT2D eigenvalue weighted by molar-refractivity contribution is 5.75. The van der Waals surface area contributed by atoms with Crippen molar-refractivity contribution in [2.75, 3.05) is 5.32 Å². The van der Waals surface area contributed by atoms with Crippen LogP contribution in [-0.4, -0.2) is 0 Å². The number of aryl methyl sites for hydroxylation is 3. The van der Waals surface area contributed by atoms with Crippen molar-refractivity contribution in [1.82, 2.24) is 0 Å². The Hall–Kier alpha value is -3.06.